The van der Waals surface area contributed by atoms with E-state index < -0.39 is 5.82 Å². The van der Waals surface area contributed by atoms with Crippen LogP contribution in [0.3, 0.4) is 0 Å². The van der Waals surface area contributed by atoms with Gasteiger partial charge in [0, 0.05) is 23.9 Å². The lowest BCUT2D eigenvalue weighted by Crippen LogP contribution is -2.02. The summed E-state index contributed by atoms with van der Waals surface area (Å²) < 4.78 is 23.9. The Hall–Kier alpha value is -1.94. The van der Waals surface area contributed by atoms with Crippen LogP contribution in [-0.4, -0.2) is 13.7 Å². The maximum Gasteiger partial charge on any atom is 0.141 e. The van der Waals surface area contributed by atoms with Crippen molar-refractivity contribution in [3.05, 3.63) is 52.8 Å². The summed E-state index contributed by atoms with van der Waals surface area (Å²) in [5.74, 6) is 1.07. The van der Waals surface area contributed by atoms with Gasteiger partial charge in [-0.05, 0) is 37.3 Å². The highest BCUT2D eigenvalue weighted by Crippen LogP contribution is 2.26. The second-order valence-corrected chi connectivity index (χ2v) is 4.80. The van der Waals surface area contributed by atoms with Gasteiger partial charge < -0.3 is 14.8 Å². The molecule has 0 fully saturated rings. The average molecular weight is 310 g/mol. The third kappa shape index (κ3) is 4.02. The molecule has 0 atom stereocenters. The van der Waals surface area contributed by atoms with Crippen molar-refractivity contribution < 1.29 is 13.9 Å². The van der Waals surface area contributed by atoms with Crippen molar-refractivity contribution in [2.24, 2.45) is 0 Å². The molecule has 0 aromatic heterocycles. The van der Waals surface area contributed by atoms with Gasteiger partial charge in [0.2, 0.25) is 0 Å². The molecule has 2 aromatic rings. The van der Waals surface area contributed by atoms with Crippen molar-refractivity contribution in [2.75, 3.05) is 19.0 Å². The minimum absolute atomic E-state index is 0.0960. The van der Waals surface area contributed by atoms with E-state index in [0.717, 1.165) is 22.7 Å². The lowest BCUT2D eigenvalue weighted by Gasteiger charge is -2.13. The molecular formula is C16H17ClFNO2. The molecule has 0 spiro atoms. The van der Waals surface area contributed by atoms with Crippen LogP contribution in [0.1, 0.15) is 12.5 Å². The summed E-state index contributed by atoms with van der Waals surface area (Å²) >= 11 is 5.75. The first-order valence-corrected chi connectivity index (χ1v) is 7.00. The predicted octanol–water partition coefficient (Wildman–Crippen LogP) is 4.50. The molecule has 0 radical (unpaired) electrons. The van der Waals surface area contributed by atoms with Crippen LogP contribution in [0.25, 0.3) is 0 Å². The topological polar surface area (TPSA) is 30.5 Å². The highest BCUT2D eigenvalue weighted by Gasteiger charge is 2.06. The molecule has 1 N–H and O–H groups in total. The van der Waals surface area contributed by atoms with Crippen LogP contribution in [0.15, 0.2) is 36.4 Å². The van der Waals surface area contributed by atoms with Gasteiger partial charge >= 0.3 is 0 Å². The Morgan fingerprint density at radius 3 is 2.67 bits per heavy atom. The molecule has 0 aliphatic rings. The molecular weight excluding hydrogens is 293 g/mol. The van der Waals surface area contributed by atoms with Crippen molar-refractivity contribution >= 4 is 17.3 Å². The number of anilines is 1. The molecule has 0 aliphatic carbocycles. The number of methoxy groups -OCH3 is 1. The van der Waals surface area contributed by atoms with Crippen LogP contribution in [0, 0.1) is 5.82 Å². The number of rotatable bonds is 6. The standard InChI is InChI=1S/C16H17ClFNO2/c1-3-21-13-6-4-11(16(9-13)20-2)10-19-12-5-7-15(18)14(17)8-12/h4-9,19H,3,10H2,1-2H3. The maximum atomic E-state index is 13.1. The maximum absolute atomic E-state index is 13.1. The quantitative estimate of drug-likeness (QED) is 0.852. The van der Waals surface area contributed by atoms with Gasteiger partial charge in [-0.2, -0.15) is 0 Å². The number of benzene rings is 2. The van der Waals surface area contributed by atoms with Gasteiger partial charge in [0.25, 0.3) is 0 Å². The fourth-order valence-electron chi connectivity index (χ4n) is 1.93. The molecule has 0 aliphatic heterocycles. The Morgan fingerprint density at radius 2 is 2.00 bits per heavy atom. The summed E-state index contributed by atoms with van der Waals surface area (Å²) in [6.07, 6.45) is 0. The van der Waals surface area contributed by atoms with Crippen LogP contribution >= 0.6 is 11.6 Å². The second kappa shape index (κ2) is 7.18. The Kier molecular flexibility index (Phi) is 5.28. The molecule has 5 heteroatoms. The Bertz CT molecular complexity index is 619. The molecule has 0 bridgehead atoms. The van der Waals surface area contributed by atoms with Gasteiger partial charge in [-0.1, -0.05) is 11.6 Å². The fraction of sp³-hybridized carbons (Fsp3) is 0.250. The van der Waals surface area contributed by atoms with Crippen molar-refractivity contribution in [1.29, 1.82) is 0 Å². The number of hydrogen-bond acceptors (Lipinski definition) is 3. The number of hydrogen-bond donors (Lipinski definition) is 1. The molecule has 0 saturated carbocycles. The van der Waals surface area contributed by atoms with E-state index in [4.69, 9.17) is 21.1 Å². The minimum atomic E-state index is -0.430. The van der Waals surface area contributed by atoms with E-state index in [1.54, 1.807) is 19.2 Å². The van der Waals surface area contributed by atoms with Gasteiger partial charge in [-0.25, -0.2) is 4.39 Å². The minimum Gasteiger partial charge on any atom is -0.496 e. The third-order valence-electron chi connectivity index (χ3n) is 2.97. The summed E-state index contributed by atoms with van der Waals surface area (Å²) in [6.45, 7) is 3.08. The van der Waals surface area contributed by atoms with Gasteiger partial charge in [0.1, 0.15) is 17.3 Å². The summed E-state index contributed by atoms with van der Waals surface area (Å²) in [6, 6.07) is 10.2. The van der Waals surface area contributed by atoms with Crippen molar-refractivity contribution in [1.82, 2.24) is 0 Å². The van der Waals surface area contributed by atoms with Gasteiger partial charge in [0.05, 0.1) is 18.7 Å². The lowest BCUT2D eigenvalue weighted by molar-refractivity contribution is 0.335. The Morgan fingerprint density at radius 1 is 1.19 bits per heavy atom. The zero-order chi connectivity index (χ0) is 15.2. The molecule has 3 nitrogen and oxygen atoms in total. The van der Waals surface area contributed by atoms with E-state index >= 15 is 0 Å². The molecule has 0 heterocycles. The van der Waals surface area contributed by atoms with Crippen LogP contribution in [0.4, 0.5) is 10.1 Å². The Balaban J connectivity index is 2.10. The molecule has 21 heavy (non-hydrogen) atoms. The normalized spacial score (nSPS) is 10.3. The van der Waals surface area contributed by atoms with E-state index in [1.165, 1.54) is 6.07 Å². The number of ether oxygens (including phenoxy) is 2. The molecule has 0 unspecified atom stereocenters. The Labute approximate surface area is 128 Å². The first-order chi connectivity index (χ1) is 10.1. The second-order valence-electron chi connectivity index (χ2n) is 4.39. The molecule has 0 amide bonds. The van der Waals surface area contributed by atoms with Gasteiger partial charge in [0.15, 0.2) is 0 Å². The van der Waals surface area contributed by atoms with E-state index in [-0.39, 0.29) is 5.02 Å². The largest absolute Gasteiger partial charge is 0.496 e. The van der Waals surface area contributed by atoms with E-state index in [1.807, 2.05) is 25.1 Å². The van der Waals surface area contributed by atoms with Gasteiger partial charge in [-0.15, -0.1) is 0 Å². The average Bonchev–Trinajstić information content (AvgIpc) is 2.49. The predicted molar refractivity (Wildman–Crippen MR) is 82.9 cm³/mol. The summed E-state index contributed by atoms with van der Waals surface area (Å²) in [4.78, 5) is 0. The van der Waals surface area contributed by atoms with E-state index in [2.05, 4.69) is 5.32 Å². The molecule has 112 valence electrons. The first kappa shape index (κ1) is 15.4. The van der Waals surface area contributed by atoms with Crippen molar-refractivity contribution in [3.8, 4) is 11.5 Å². The van der Waals surface area contributed by atoms with Crippen LogP contribution < -0.4 is 14.8 Å². The van der Waals surface area contributed by atoms with Crippen LogP contribution in [-0.2, 0) is 6.54 Å². The third-order valence-corrected chi connectivity index (χ3v) is 3.26. The number of halogens is 2. The van der Waals surface area contributed by atoms with Gasteiger partial charge in [-0.3, -0.25) is 0 Å². The fourth-order valence-corrected chi connectivity index (χ4v) is 2.11. The zero-order valence-electron chi connectivity index (χ0n) is 12.0. The lowest BCUT2D eigenvalue weighted by atomic mass is 10.2. The monoisotopic (exact) mass is 309 g/mol. The molecule has 2 aromatic carbocycles. The zero-order valence-corrected chi connectivity index (χ0v) is 12.7. The smallest absolute Gasteiger partial charge is 0.141 e. The van der Waals surface area contributed by atoms with Crippen molar-refractivity contribution in [3.63, 3.8) is 0 Å². The summed E-state index contributed by atoms with van der Waals surface area (Å²) in [7, 11) is 1.61. The highest BCUT2D eigenvalue weighted by molar-refractivity contribution is 6.31. The van der Waals surface area contributed by atoms with Crippen molar-refractivity contribution in [2.45, 2.75) is 13.5 Å². The molecule has 0 saturated heterocycles. The van der Waals surface area contributed by atoms with Crippen LogP contribution in [0.5, 0.6) is 11.5 Å². The number of nitrogens with one attached hydrogen (secondary N) is 1. The van der Waals surface area contributed by atoms with E-state index in [9.17, 15) is 4.39 Å². The highest BCUT2D eigenvalue weighted by atomic mass is 35.5. The molecule has 2 rings (SSSR count). The van der Waals surface area contributed by atoms with Crippen LogP contribution in [0.2, 0.25) is 5.02 Å². The summed E-state index contributed by atoms with van der Waals surface area (Å²) in [5.41, 5.74) is 1.72. The first-order valence-electron chi connectivity index (χ1n) is 6.62. The SMILES string of the molecule is CCOc1ccc(CNc2ccc(F)c(Cl)c2)c(OC)c1. The van der Waals surface area contributed by atoms with E-state index in [0.29, 0.717) is 13.2 Å². The summed E-state index contributed by atoms with van der Waals surface area (Å²) in [5, 5.41) is 3.28.